The van der Waals surface area contributed by atoms with Gasteiger partial charge in [0.2, 0.25) is 0 Å². The zero-order valence-corrected chi connectivity index (χ0v) is 9.08. The summed E-state index contributed by atoms with van der Waals surface area (Å²) in [6.07, 6.45) is 0. The van der Waals surface area contributed by atoms with Gasteiger partial charge >= 0.3 is 0 Å². The standard InChI is InChI=1S/C14H11F2N/c15-10-3-1-9(2-4-10)13-8-17-14-6-5-11(16)7-12(13)14/h1-7,13,17H,8H2. The highest BCUT2D eigenvalue weighted by molar-refractivity contribution is 5.60. The molecule has 1 N–H and O–H groups in total. The minimum atomic E-state index is -0.251. The van der Waals surface area contributed by atoms with Crippen LogP contribution in [0.4, 0.5) is 14.5 Å². The number of hydrogen-bond acceptors (Lipinski definition) is 1. The summed E-state index contributed by atoms with van der Waals surface area (Å²) in [5.41, 5.74) is 2.90. The molecule has 2 aromatic rings. The first-order chi connectivity index (χ1) is 8.24. The second kappa shape index (κ2) is 3.84. The fraction of sp³-hybridized carbons (Fsp3) is 0.143. The smallest absolute Gasteiger partial charge is 0.123 e. The Labute approximate surface area is 98.1 Å². The molecule has 0 fully saturated rings. The number of benzene rings is 2. The first-order valence-electron chi connectivity index (χ1n) is 5.53. The summed E-state index contributed by atoms with van der Waals surface area (Å²) in [6, 6.07) is 11.1. The Morgan fingerprint density at radius 2 is 1.65 bits per heavy atom. The summed E-state index contributed by atoms with van der Waals surface area (Å²) in [6.45, 7) is 0.727. The van der Waals surface area contributed by atoms with Gasteiger partial charge in [-0.05, 0) is 41.5 Å². The molecule has 0 spiro atoms. The second-order valence-electron chi connectivity index (χ2n) is 4.22. The lowest BCUT2D eigenvalue weighted by Crippen LogP contribution is -2.03. The average Bonchev–Trinajstić information content (AvgIpc) is 2.73. The van der Waals surface area contributed by atoms with Gasteiger partial charge in [0, 0.05) is 18.2 Å². The van der Waals surface area contributed by atoms with Gasteiger partial charge in [0.05, 0.1) is 0 Å². The minimum Gasteiger partial charge on any atom is -0.384 e. The molecule has 0 aromatic heterocycles. The molecule has 0 aliphatic carbocycles. The summed E-state index contributed by atoms with van der Waals surface area (Å²) < 4.78 is 26.1. The van der Waals surface area contributed by atoms with Crippen molar-refractivity contribution >= 4 is 5.69 Å². The van der Waals surface area contributed by atoms with E-state index in [2.05, 4.69) is 5.32 Å². The van der Waals surface area contributed by atoms with Crippen molar-refractivity contribution in [3.63, 3.8) is 0 Å². The first-order valence-corrected chi connectivity index (χ1v) is 5.53. The molecule has 1 atom stereocenters. The van der Waals surface area contributed by atoms with Crippen LogP contribution in [0.2, 0.25) is 0 Å². The number of anilines is 1. The van der Waals surface area contributed by atoms with E-state index in [1.54, 1.807) is 24.3 Å². The maximum Gasteiger partial charge on any atom is 0.123 e. The van der Waals surface area contributed by atoms with Crippen LogP contribution in [0.1, 0.15) is 17.0 Å². The van der Waals surface area contributed by atoms with Gasteiger partial charge in [-0.25, -0.2) is 8.78 Å². The Hall–Kier alpha value is -1.90. The molecular weight excluding hydrogens is 220 g/mol. The number of halogens is 2. The van der Waals surface area contributed by atoms with Gasteiger partial charge in [-0.15, -0.1) is 0 Å². The SMILES string of the molecule is Fc1ccc(C2CNc3ccc(F)cc32)cc1. The van der Waals surface area contributed by atoms with Crippen LogP contribution in [0.5, 0.6) is 0 Å². The number of rotatable bonds is 1. The van der Waals surface area contributed by atoms with Gasteiger partial charge in [0.15, 0.2) is 0 Å². The van der Waals surface area contributed by atoms with Crippen molar-refractivity contribution in [3.05, 3.63) is 65.2 Å². The van der Waals surface area contributed by atoms with E-state index in [9.17, 15) is 8.78 Å². The lowest BCUT2D eigenvalue weighted by atomic mass is 9.93. The van der Waals surface area contributed by atoms with E-state index in [-0.39, 0.29) is 17.6 Å². The van der Waals surface area contributed by atoms with Gasteiger partial charge in [-0.1, -0.05) is 12.1 Å². The van der Waals surface area contributed by atoms with Crippen LogP contribution in [0, 0.1) is 11.6 Å². The Balaban J connectivity index is 2.03. The Bertz CT molecular complexity index is 549. The van der Waals surface area contributed by atoms with Crippen LogP contribution in [0.15, 0.2) is 42.5 Å². The molecule has 2 aromatic carbocycles. The third kappa shape index (κ3) is 1.78. The van der Waals surface area contributed by atoms with Gasteiger partial charge in [-0.3, -0.25) is 0 Å². The maximum absolute atomic E-state index is 13.2. The molecule has 0 saturated carbocycles. The van der Waals surface area contributed by atoms with Crippen molar-refractivity contribution < 1.29 is 8.78 Å². The average molecular weight is 231 g/mol. The summed E-state index contributed by atoms with van der Waals surface area (Å²) in [5, 5.41) is 3.23. The van der Waals surface area contributed by atoms with E-state index in [0.29, 0.717) is 0 Å². The molecule has 0 amide bonds. The van der Waals surface area contributed by atoms with Gasteiger partial charge in [0.1, 0.15) is 11.6 Å². The Kier molecular flexibility index (Phi) is 2.32. The van der Waals surface area contributed by atoms with E-state index >= 15 is 0 Å². The minimum absolute atomic E-state index is 0.0984. The lowest BCUT2D eigenvalue weighted by Gasteiger charge is -2.10. The molecule has 1 heterocycles. The van der Waals surface area contributed by atoms with Crippen molar-refractivity contribution in [1.82, 2.24) is 0 Å². The van der Waals surface area contributed by atoms with E-state index in [1.807, 2.05) is 0 Å². The van der Waals surface area contributed by atoms with Gasteiger partial charge in [-0.2, -0.15) is 0 Å². The highest BCUT2D eigenvalue weighted by atomic mass is 19.1. The fourth-order valence-electron chi connectivity index (χ4n) is 2.30. The molecular formula is C14H11F2N. The van der Waals surface area contributed by atoms with Crippen LogP contribution >= 0.6 is 0 Å². The van der Waals surface area contributed by atoms with Crippen molar-refractivity contribution in [2.75, 3.05) is 11.9 Å². The summed E-state index contributed by atoms with van der Waals surface area (Å²) in [7, 11) is 0. The molecule has 1 nitrogen and oxygen atoms in total. The molecule has 3 rings (SSSR count). The predicted octanol–water partition coefficient (Wildman–Crippen LogP) is 3.52. The quantitative estimate of drug-likeness (QED) is 0.791. The molecule has 1 aliphatic rings. The van der Waals surface area contributed by atoms with Crippen LogP contribution < -0.4 is 5.32 Å². The molecule has 0 bridgehead atoms. The third-order valence-corrected chi connectivity index (χ3v) is 3.16. The first kappa shape index (κ1) is 10.3. The number of hydrogen-bond donors (Lipinski definition) is 1. The Morgan fingerprint density at radius 3 is 2.41 bits per heavy atom. The highest BCUT2D eigenvalue weighted by Crippen LogP contribution is 2.36. The number of nitrogens with one attached hydrogen (secondary N) is 1. The largest absolute Gasteiger partial charge is 0.384 e. The second-order valence-corrected chi connectivity index (χ2v) is 4.22. The topological polar surface area (TPSA) is 12.0 Å². The molecule has 3 heteroatoms. The Morgan fingerprint density at radius 1 is 0.941 bits per heavy atom. The maximum atomic E-state index is 13.2. The van der Waals surface area contributed by atoms with E-state index in [4.69, 9.17) is 0 Å². The number of fused-ring (bicyclic) bond motifs is 1. The van der Waals surface area contributed by atoms with Crippen LogP contribution in [0.3, 0.4) is 0 Å². The summed E-state index contributed by atoms with van der Waals surface area (Å²) in [4.78, 5) is 0. The molecule has 1 unspecified atom stereocenters. The van der Waals surface area contributed by atoms with Gasteiger partial charge < -0.3 is 5.32 Å². The zero-order valence-electron chi connectivity index (χ0n) is 9.08. The van der Waals surface area contributed by atoms with E-state index in [1.165, 1.54) is 18.2 Å². The fourth-order valence-corrected chi connectivity index (χ4v) is 2.30. The monoisotopic (exact) mass is 231 g/mol. The summed E-state index contributed by atoms with van der Waals surface area (Å²) >= 11 is 0. The van der Waals surface area contributed by atoms with E-state index in [0.717, 1.165) is 23.4 Å². The van der Waals surface area contributed by atoms with Crippen molar-refractivity contribution in [2.24, 2.45) is 0 Å². The van der Waals surface area contributed by atoms with Crippen molar-refractivity contribution in [1.29, 1.82) is 0 Å². The molecule has 86 valence electrons. The van der Waals surface area contributed by atoms with E-state index < -0.39 is 0 Å². The van der Waals surface area contributed by atoms with Crippen LogP contribution in [-0.4, -0.2) is 6.54 Å². The molecule has 17 heavy (non-hydrogen) atoms. The molecule has 1 aliphatic heterocycles. The third-order valence-electron chi connectivity index (χ3n) is 3.16. The van der Waals surface area contributed by atoms with Crippen molar-refractivity contribution in [3.8, 4) is 0 Å². The predicted molar refractivity (Wildman–Crippen MR) is 63.1 cm³/mol. The molecule has 0 saturated heterocycles. The van der Waals surface area contributed by atoms with Crippen molar-refractivity contribution in [2.45, 2.75) is 5.92 Å². The zero-order chi connectivity index (χ0) is 11.8. The molecule has 0 radical (unpaired) electrons. The van der Waals surface area contributed by atoms with Crippen LogP contribution in [-0.2, 0) is 0 Å². The normalized spacial score (nSPS) is 17.6. The highest BCUT2D eigenvalue weighted by Gasteiger charge is 2.23. The van der Waals surface area contributed by atoms with Crippen LogP contribution in [0.25, 0.3) is 0 Å². The van der Waals surface area contributed by atoms with Gasteiger partial charge in [0.25, 0.3) is 0 Å². The lowest BCUT2D eigenvalue weighted by molar-refractivity contribution is 0.623. The summed E-state index contributed by atoms with van der Waals surface area (Å²) in [5.74, 6) is -0.389.